The number of nitrogens with two attached hydrogens (primary N) is 1. The van der Waals surface area contributed by atoms with Crippen LogP contribution >= 0.6 is 0 Å². The minimum Gasteiger partial charge on any atom is -0.488 e. The first-order valence-corrected chi connectivity index (χ1v) is 7.60. The second kappa shape index (κ2) is 10.1. The zero-order valence-electron chi connectivity index (χ0n) is 12.9. The molecule has 0 saturated heterocycles. The molecule has 1 rings (SSSR count). The predicted molar refractivity (Wildman–Crippen MR) is 81.6 cm³/mol. The Kier molecular flexibility index (Phi) is 8.43. The second-order valence-electron chi connectivity index (χ2n) is 5.31. The van der Waals surface area contributed by atoms with Gasteiger partial charge in [-0.1, -0.05) is 12.8 Å². The highest BCUT2D eigenvalue weighted by Gasteiger charge is 2.10. The van der Waals surface area contributed by atoms with Crippen LogP contribution in [0.3, 0.4) is 0 Å². The summed E-state index contributed by atoms with van der Waals surface area (Å²) in [6.07, 6.45) is 4.28. The van der Waals surface area contributed by atoms with Gasteiger partial charge < -0.3 is 15.8 Å². The Labute approximate surface area is 130 Å². The Hall–Kier alpha value is -1.69. The fourth-order valence-corrected chi connectivity index (χ4v) is 1.98. The predicted octanol–water partition coefficient (Wildman–Crippen LogP) is 2.76. The van der Waals surface area contributed by atoms with E-state index in [1.165, 1.54) is 6.07 Å². The van der Waals surface area contributed by atoms with E-state index in [1.807, 2.05) is 0 Å². The highest BCUT2D eigenvalue weighted by Crippen LogP contribution is 2.17. The van der Waals surface area contributed by atoms with Crippen LogP contribution in [0.2, 0.25) is 0 Å². The molecule has 4 nitrogen and oxygen atoms in total. The van der Waals surface area contributed by atoms with Crippen LogP contribution in [0.4, 0.5) is 8.78 Å². The molecule has 0 aliphatic rings. The molecular weight excluding hydrogens is 290 g/mol. The lowest BCUT2D eigenvalue weighted by molar-refractivity contribution is -0.122. The number of hydrogen-bond donors (Lipinski definition) is 2. The molecule has 0 radical (unpaired) electrons. The van der Waals surface area contributed by atoms with Crippen molar-refractivity contribution in [1.82, 2.24) is 5.32 Å². The van der Waals surface area contributed by atoms with E-state index in [1.54, 1.807) is 6.92 Å². The Balaban J connectivity index is 2.22. The molecule has 124 valence electrons. The molecule has 1 amide bonds. The molecule has 0 spiro atoms. The number of halogens is 2. The molecule has 1 atom stereocenters. The van der Waals surface area contributed by atoms with Gasteiger partial charge in [0.05, 0.1) is 6.04 Å². The molecule has 0 saturated carbocycles. The highest BCUT2D eigenvalue weighted by molar-refractivity contribution is 5.76. The van der Waals surface area contributed by atoms with Gasteiger partial charge in [0.2, 0.25) is 5.91 Å². The van der Waals surface area contributed by atoms with Gasteiger partial charge in [-0.25, -0.2) is 8.78 Å². The lowest BCUT2D eigenvalue weighted by atomic mass is 10.1. The number of carbonyl (C=O) groups excluding carboxylic acids is 1. The van der Waals surface area contributed by atoms with Crippen LogP contribution in [0.25, 0.3) is 0 Å². The average Bonchev–Trinajstić information content (AvgIpc) is 2.46. The normalized spacial score (nSPS) is 12.0. The topological polar surface area (TPSA) is 64.3 Å². The van der Waals surface area contributed by atoms with Crippen LogP contribution in [0, 0.1) is 11.6 Å². The molecule has 1 aromatic rings. The fraction of sp³-hybridized carbons (Fsp3) is 0.562. The lowest BCUT2D eigenvalue weighted by Crippen LogP contribution is -2.36. The summed E-state index contributed by atoms with van der Waals surface area (Å²) in [5.41, 5.74) is 5.40. The third kappa shape index (κ3) is 7.36. The minimum atomic E-state index is -0.751. The summed E-state index contributed by atoms with van der Waals surface area (Å²) in [5.74, 6) is -1.48. The SMILES string of the molecule is CC(COc1ccc(F)cc1F)NC(=O)CCCCCCN. The van der Waals surface area contributed by atoms with Crippen molar-refractivity contribution < 1.29 is 18.3 Å². The van der Waals surface area contributed by atoms with Crippen LogP contribution in [0.15, 0.2) is 18.2 Å². The Bertz CT molecular complexity index is 469. The van der Waals surface area contributed by atoms with Crippen LogP contribution in [0.1, 0.15) is 39.0 Å². The van der Waals surface area contributed by atoms with Crippen LogP contribution in [0.5, 0.6) is 5.75 Å². The summed E-state index contributed by atoms with van der Waals surface area (Å²) in [4.78, 5) is 11.7. The van der Waals surface area contributed by atoms with Crippen molar-refractivity contribution >= 4 is 5.91 Å². The first-order chi connectivity index (χ1) is 10.5. The van der Waals surface area contributed by atoms with Gasteiger partial charge in [-0.3, -0.25) is 4.79 Å². The maximum atomic E-state index is 13.4. The molecule has 6 heteroatoms. The van der Waals surface area contributed by atoms with E-state index in [9.17, 15) is 13.6 Å². The van der Waals surface area contributed by atoms with E-state index in [4.69, 9.17) is 10.5 Å². The molecule has 3 N–H and O–H groups in total. The van der Waals surface area contributed by atoms with E-state index in [0.717, 1.165) is 37.8 Å². The monoisotopic (exact) mass is 314 g/mol. The Morgan fingerprint density at radius 1 is 1.27 bits per heavy atom. The molecule has 0 aromatic heterocycles. The number of hydrogen-bond acceptors (Lipinski definition) is 3. The molecule has 0 aliphatic heterocycles. The van der Waals surface area contributed by atoms with Gasteiger partial charge in [0, 0.05) is 12.5 Å². The largest absolute Gasteiger partial charge is 0.488 e. The first kappa shape index (κ1) is 18.4. The van der Waals surface area contributed by atoms with Crippen molar-refractivity contribution in [3.8, 4) is 5.75 Å². The van der Waals surface area contributed by atoms with Gasteiger partial charge in [0.25, 0.3) is 0 Å². The average molecular weight is 314 g/mol. The van der Waals surface area contributed by atoms with Crippen LogP contribution in [-0.2, 0) is 4.79 Å². The summed E-state index contributed by atoms with van der Waals surface area (Å²) in [6, 6.07) is 2.88. The van der Waals surface area contributed by atoms with E-state index in [0.29, 0.717) is 13.0 Å². The van der Waals surface area contributed by atoms with E-state index in [-0.39, 0.29) is 24.3 Å². The number of benzene rings is 1. The highest BCUT2D eigenvalue weighted by atomic mass is 19.1. The summed E-state index contributed by atoms with van der Waals surface area (Å²) in [7, 11) is 0. The number of amides is 1. The summed E-state index contributed by atoms with van der Waals surface area (Å²) in [5, 5.41) is 2.79. The summed E-state index contributed by atoms with van der Waals surface area (Å²) < 4.78 is 31.4. The second-order valence-corrected chi connectivity index (χ2v) is 5.31. The van der Waals surface area contributed by atoms with Crippen molar-refractivity contribution in [2.45, 2.75) is 45.1 Å². The maximum absolute atomic E-state index is 13.4. The summed E-state index contributed by atoms with van der Waals surface area (Å²) in [6.45, 7) is 2.58. The van der Waals surface area contributed by atoms with Crippen LogP contribution < -0.4 is 15.8 Å². The van der Waals surface area contributed by atoms with Crippen LogP contribution in [-0.4, -0.2) is 25.1 Å². The van der Waals surface area contributed by atoms with Gasteiger partial charge in [0.1, 0.15) is 12.4 Å². The van der Waals surface area contributed by atoms with Gasteiger partial charge in [0.15, 0.2) is 11.6 Å². The van der Waals surface area contributed by atoms with Crippen molar-refractivity contribution in [1.29, 1.82) is 0 Å². The quantitative estimate of drug-likeness (QED) is 0.653. The van der Waals surface area contributed by atoms with Crippen molar-refractivity contribution in [2.24, 2.45) is 5.73 Å². The first-order valence-electron chi connectivity index (χ1n) is 7.60. The van der Waals surface area contributed by atoms with E-state index >= 15 is 0 Å². The van der Waals surface area contributed by atoms with Gasteiger partial charge in [-0.2, -0.15) is 0 Å². The number of rotatable bonds is 10. The maximum Gasteiger partial charge on any atom is 0.220 e. The van der Waals surface area contributed by atoms with E-state index in [2.05, 4.69) is 5.32 Å². The molecule has 0 aliphatic carbocycles. The zero-order chi connectivity index (χ0) is 16.4. The van der Waals surface area contributed by atoms with Crippen molar-refractivity contribution in [2.75, 3.05) is 13.2 Å². The summed E-state index contributed by atoms with van der Waals surface area (Å²) >= 11 is 0. The fourth-order valence-electron chi connectivity index (χ4n) is 1.98. The lowest BCUT2D eigenvalue weighted by Gasteiger charge is -2.15. The van der Waals surface area contributed by atoms with Gasteiger partial charge in [-0.05, 0) is 38.4 Å². The van der Waals surface area contributed by atoms with Crippen molar-refractivity contribution in [3.05, 3.63) is 29.8 Å². The molecule has 1 aromatic carbocycles. The van der Waals surface area contributed by atoms with Gasteiger partial charge in [-0.15, -0.1) is 0 Å². The number of unbranched alkanes of at least 4 members (excludes halogenated alkanes) is 3. The van der Waals surface area contributed by atoms with E-state index < -0.39 is 11.6 Å². The third-order valence-corrected chi connectivity index (χ3v) is 3.15. The zero-order valence-corrected chi connectivity index (χ0v) is 12.9. The smallest absolute Gasteiger partial charge is 0.220 e. The molecule has 0 fully saturated rings. The molecule has 1 unspecified atom stereocenters. The van der Waals surface area contributed by atoms with Crippen molar-refractivity contribution in [3.63, 3.8) is 0 Å². The standard InChI is InChI=1S/C16H24F2N2O2/c1-12(20-16(21)6-4-2-3-5-9-19)11-22-15-8-7-13(17)10-14(15)18/h7-8,10,12H,2-6,9,11,19H2,1H3,(H,20,21). The number of nitrogens with one attached hydrogen (secondary N) is 1. The third-order valence-electron chi connectivity index (χ3n) is 3.15. The number of ether oxygens (including phenoxy) is 1. The molecule has 22 heavy (non-hydrogen) atoms. The minimum absolute atomic E-state index is 0.0238. The Morgan fingerprint density at radius 3 is 2.68 bits per heavy atom. The molecule has 0 bridgehead atoms. The molecular formula is C16H24F2N2O2. The number of carbonyl (C=O) groups is 1. The molecule has 0 heterocycles. The Morgan fingerprint density at radius 2 is 2.00 bits per heavy atom. The van der Waals surface area contributed by atoms with Gasteiger partial charge >= 0.3 is 0 Å².